The van der Waals surface area contributed by atoms with Gasteiger partial charge in [-0.15, -0.1) is 0 Å². The van der Waals surface area contributed by atoms with Crippen molar-refractivity contribution in [2.45, 2.75) is 38.6 Å². The van der Waals surface area contributed by atoms with Crippen LogP contribution in [0, 0.1) is 0 Å². The minimum atomic E-state index is 0.435. The summed E-state index contributed by atoms with van der Waals surface area (Å²) in [5.74, 6) is 0. The quantitative estimate of drug-likeness (QED) is 0.783. The van der Waals surface area contributed by atoms with Gasteiger partial charge in [0.25, 0.3) is 0 Å². The molecule has 1 aromatic carbocycles. The van der Waals surface area contributed by atoms with Crippen molar-refractivity contribution in [3.8, 4) is 0 Å². The SMILES string of the molecule is CC(NCCC1=CCCC1)c1ccc(Br)cc1. The van der Waals surface area contributed by atoms with E-state index in [0.29, 0.717) is 6.04 Å². The number of rotatable bonds is 5. The van der Waals surface area contributed by atoms with Crippen molar-refractivity contribution in [3.63, 3.8) is 0 Å². The lowest BCUT2D eigenvalue weighted by Gasteiger charge is -2.14. The molecule has 0 bridgehead atoms. The number of hydrogen-bond acceptors (Lipinski definition) is 1. The normalized spacial score (nSPS) is 16.9. The highest BCUT2D eigenvalue weighted by Gasteiger charge is 2.06. The molecule has 0 heterocycles. The topological polar surface area (TPSA) is 12.0 Å². The average Bonchev–Trinajstić information content (AvgIpc) is 2.83. The number of hydrogen-bond donors (Lipinski definition) is 1. The zero-order valence-corrected chi connectivity index (χ0v) is 12.0. The molecular weight excluding hydrogens is 274 g/mol. The molecule has 1 unspecified atom stereocenters. The van der Waals surface area contributed by atoms with Crippen molar-refractivity contribution in [3.05, 3.63) is 46.0 Å². The molecule has 2 heteroatoms. The minimum Gasteiger partial charge on any atom is -0.310 e. The third-order valence-electron chi connectivity index (χ3n) is 3.40. The third-order valence-corrected chi connectivity index (χ3v) is 3.93. The van der Waals surface area contributed by atoms with Crippen molar-refractivity contribution < 1.29 is 0 Å². The molecule has 1 nitrogen and oxygen atoms in total. The maximum atomic E-state index is 3.59. The molecule has 0 aliphatic heterocycles. The lowest BCUT2D eigenvalue weighted by molar-refractivity contribution is 0.573. The van der Waals surface area contributed by atoms with Crippen LogP contribution in [-0.4, -0.2) is 6.54 Å². The summed E-state index contributed by atoms with van der Waals surface area (Å²) in [4.78, 5) is 0. The van der Waals surface area contributed by atoms with Gasteiger partial charge in [0, 0.05) is 10.5 Å². The number of nitrogens with one attached hydrogen (secondary N) is 1. The van der Waals surface area contributed by atoms with Crippen LogP contribution in [0.5, 0.6) is 0 Å². The van der Waals surface area contributed by atoms with E-state index in [1.807, 2.05) is 0 Å². The Morgan fingerprint density at radius 2 is 2.06 bits per heavy atom. The van der Waals surface area contributed by atoms with Crippen LogP contribution in [0.25, 0.3) is 0 Å². The lowest BCUT2D eigenvalue weighted by Crippen LogP contribution is -2.20. The van der Waals surface area contributed by atoms with E-state index < -0.39 is 0 Å². The zero-order valence-electron chi connectivity index (χ0n) is 10.4. The molecule has 1 aliphatic carbocycles. The summed E-state index contributed by atoms with van der Waals surface area (Å²) in [6.45, 7) is 3.31. The van der Waals surface area contributed by atoms with Gasteiger partial charge in [-0.25, -0.2) is 0 Å². The minimum absolute atomic E-state index is 0.435. The van der Waals surface area contributed by atoms with E-state index in [0.717, 1.165) is 11.0 Å². The molecular formula is C15H20BrN. The van der Waals surface area contributed by atoms with Gasteiger partial charge < -0.3 is 5.32 Å². The first-order valence-corrected chi connectivity index (χ1v) is 7.22. The van der Waals surface area contributed by atoms with E-state index in [2.05, 4.69) is 58.5 Å². The fourth-order valence-corrected chi connectivity index (χ4v) is 2.55. The summed E-state index contributed by atoms with van der Waals surface area (Å²) in [5, 5.41) is 3.59. The number of halogens is 1. The van der Waals surface area contributed by atoms with Crippen LogP contribution in [0.15, 0.2) is 40.4 Å². The fraction of sp³-hybridized carbons (Fsp3) is 0.467. The molecule has 0 saturated carbocycles. The van der Waals surface area contributed by atoms with E-state index in [-0.39, 0.29) is 0 Å². The van der Waals surface area contributed by atoms with E-state index in [4.69, 9.17) is 0 Å². The fourth-order valence-electron chi connectivity index (χ4n) is 2.28. The van der Waals surface area contributed by atoms with Gasteiger partial charge in [-0.1, -0.05) is 39.7 Å². The summed E-state index contributed by atoms with van der Waals surface area (Å²) in [7, 11) is 0. The Kier molecular flexibility index (Phi) is 4.81. The van der Waals surface area contributed by atoms with Crippen LogP contribution in [0.3, 0.4) is 0 Å². The predicted molar refractivity (Wildman–Crippen MR) is 77.1 cm³/mol. The molecule has 17 heavy (non-hydrogen) atoms. The molecule has 0 aromatic heterocycles. The monoisotopic (exact) mass is 293 g/mol. The van der Waals surface area contributed by atoms with Crippen molar-refractivity contribution in [2.75, 3.05) is 6.54 Å². The van der Waals surface area contributed by atoms with Crippen LogP contribution in [0.2, 0.25) is 0 Å². The Morgan fingerprint density at radius 1 is 1.29 bits per heavy atom. The Balaban J connectivity index is 1.76. The smallest absolute Gasteiger partial charge is 0.0291 e. The third kappa shape index (κ3) is 3.97. The second kappa shape index (κ2) is 6.36. The molecule has 0 saturated heterocycles. The van der Waals surface area contributed by atoms with E-state index >= 15 is 0 Å². The Morgan fingerprint density at radius 3 is 2.71 bits per heavy atom. The first-order valence-electron chi connectivity index (χ1n) is 6.42. The summed E-state index contributed by atoms with van der Waals surface area (Å²) in [5.41, 5.74) is 2.99. The van der Waals surface area contributed by atoms with Crippen LogP contribution in [0.1, 0.15) is 44.2 Å². The van der Waals surface area contributed by atoms with Gasteiger partial charge in [0.05, 0.1) is 0 Å². The van der Waals surface area contributed by atoms with E-state index in [1.54, 1.807) is 5.57 Å². The molecule has 0 spiro atoms. The average molecular weight is 294 g/mol. The van der Waals surface area contributed by atoms with Crippen LogP contribution in [-0.2, 0) is 0 Å². The van der Waals surface area contributed by atoms with Crippen molar-refractivity contribution in [1.82, 2.24) is 5.32 Å². The van der Waals surface area contributed by atoms with Gasteiger partial charge in [-0.05, 0) is 56.8 Å². The van der Waals surface area contributed by atoms with Gasteiger partial charge in [-0.3, -0.25) is 0 Å². The van der Waals surface area contributed by atoms with E-state index in [1.165, 1.54) is 31.2 Å². The molecule has 0 amide bonds. The van der Waals surface area contributed by atoms with Gasteiger partial charge in [-0.2, -0.15) is 0 Å². The molecule has 1 aliphatic rings. The van der Waals surface area contributed by atoms with Crippen LogP contribution in [0.4, 0.5) is 0 Å². The Labute approximate surface area is 112 Å². The Hall–Kier alpha value is -0.600. The van der Waals surface area contributed by atoms with E-state index in [9.17, 15) is 0 Å². The standard InChI is InChI=1S/C15H20BrN/c1-12(14-6-8-15(16)9-7-14)17-11-10-13-4-2-3-5-13/h4,6-9,12,17H,2-3,5,10-11H2,1H3. The highest BCUT2D eigenvalue weighted by Crippen LogP contribution is 2.21. The second-order valence-electron chi connectivity index (χ2n) is 4.73. The summed E-state index contributed by atoms with van der Waals surface area (Å²) in [6.07, 6.45) is 7.58. The number of benzene rings is 1. The zero-order chi connectivity index (χ0) is 12.1. The summed E-state index contributed by atoms with van der Waals surface area (Å²) < 4.78 is 1.14. The Bertz CT molecular complexity index is 380. The maximum Gasteiger partial charge on any atom is 0.0291 e. The van der Waals surface area contributed by atoms with Crippen molar-refractivity contribution in [1.29, 1.82) is 0 Å². The van der Waals surface area contributed by atoms with Crippen LogP contribution >= 0.6 is 15.9 Å². The lowest BCUT2D eigenvalue weighted by atomic mass is 10.1. The summed E-state index contributed by atoms with van der Waals surface area (Å²) in [6, 6.07) is 9.00. The number of allylic oxidation sites excluding steroid dienone is 1. The van der Waals surface area contributed by atoms with Gasteiger partial charge in [0.2, 0.25) is 0 Å². The highest BCUT2D eigenvalue weighted by atomic mass is 79.9. The maximum absolute atomic E-state index is 3.59. The predicted octanol–water partition coefficient (Wildman–Crippen LogP) is 4.60. The van der Waals surface area contributed by atoms with Crippen molar-refractivity contribution in [2.24, 2.45) is 0 Å². The first-order chi connectivity index (χ1) is 8.25. The first kappa shape index (κ1) is 12.8. The molecule has 2 rings (SSSR count). The molecule has 1 aromatic rings. The van der Waals surface area contributed by atoms with Gasteiger partial charge in [0.15, 0.2) is 0 Å². The molecule has 92 valence electrons. The molecule has 1 N–H and O–H groups in total. The highest BCUT2D eigenvalue weighted by molar-refractivity contribution is 9.10. The summed E-state index contributed by atoms with van der Waals surface area (Å²) >= 11 is 3.46. The molecule has 0 fully saturated rings. The van der Waals surface area contributed by atoms with Crippen molar-refractivity contribution >= 4 is 15.9 Å². The second-order valence-corrected chi connectivity index (χ2v) is 5.65. The van der Waals surface area contributed by atoms with Gasteiger partial charge >= 0.3 is 0 Å². The molecule has 1 atom stereocenters. The molecule has 0 radical (unpaired) electrons. The van der Waals surface area contributed by atoms with Gasteiger partial charge in [0.1, 0.15) is 0 Å². The van der Waals surface area contributed by atoms with Crippen LogP contribution < -0.4 is 5.32 Å². The largest absolute Gasteiger partial charge is 0.310 e.